The Morgan fingerprint density at radius 2 is 1.12 bits per heavy atom. The summed E-state index contributed by atoms with van der Waals surface area (Å²) in [5.41, 5.74) is 10.7. The van der Waals surface area contributed by atoms with Gasteiger partial charge in [-0.05, 0) is 65.7 Å². The normalized spacial score (nSPS) is 14.7. The van der Waals surface area contributed by atoms with Crippen LogP contribution in [0, 0.1) is 0 Å². The number of nitrogens with one attached hydrogen (secondary N) is 1. The lowest BCUT2D eigenvalue weighted by atomic mass is 10.0. The fraction of sp³-hybridized carbons (Fsp3) is 0.0213. The van der Waals surface area contributed by atoms with Crippen molar-refractivity contribution in [2.45, 2.75) is 6.04 Å². The van der Waals surface area contributed by atoms with Gasteiger partial charge in [0.15, 0.2) is 0 Å². The zero-order chi connectivity index (χ0) is 33.5. The summed E-state index contributed by atoms with van der Waals surface area (Å²) in [7, 11) is 0. The third-order valence-electron chi connectivity index (χ3n) is 10.5. The van der Waals surface area contributed by atoms with Crippen LogP contribution in [-0.2, 0) is 0 Å². The molecule has 11 rings (SSSR count). The number of rotatable bonds is 4. The molecule has 240 valence electrons. The molecule has 0 bridgehead atoms. The van der Waals surface area contributed by atoms with Crippen LogP contribution < -0.4 is 5.32 Å². The molecule has 10 aromatic rings. The number of thiophene rings is 1. The van der Waals surface area contributed by atoms with Crippen molar-refractivity contribution >= 4 is 80.8 Å². The second-order valence-electron chi connectivity index (χ2n) is 13.4. The smallest absolute Gasteiger partial charge is 0.0719 e. The van der Waals surface area contributed by atoms with Gasteiger partial charge in [0, 0.05) is 54.1 Å². The molecule has 1 atom stereocenters. The molecule has 0 spiro atoms. The summed E-state index contributed by atoms with van der Waals surface area (Å²) >= 11 is 1.90. The molecule has 0 saturated carbocycles. The van der Waals surface area contributed by atoms with E-state index < -0.39 is 0 Å². The highest BCUT2D eigenvalue weighted by Gasteiger charge is 2.22. The quantitative estimate of drug-likeness (QED) is 0.198. The first kappa shape index (κ1) is 28.5. The highest BCUT2D eigenvalue weighted by atomic mass is 32.1. The first-order chi connectivity index (χ1) is 25.3. The Morgan fingerprint density at radius 3 is 1.92 bits per heavy atom. The SMILES string of the molecule is C1=CC(c2ccccc2)NC(c2ccc3c4cc5c6ccc7c8ccccc8sc7c6n(-c6ccccc6)c5cc4n(-c4ccccc4)c3c2)=C1. The Hall–Kier alpha value is -6.36. The van der Waals surface area contributed by atoms with E-state index in [0.29, 0.717) is 0 Å². The van der Waals surface area contributed by atoms with Crippen LogP contribution in [0.2, 0.25) is 0 Å². The second-order valence-corrected chi connectivity index (χ2v) is 14.4. The average Bonchev–Trinajstić information content (AvgIpc) is 3.85. The molecule has 3 aromatic heterocycles. The summed E-state index contributed by atoms with van der Waals surface area (Å²) in [6.07, 6.45) is 6.59. The number of nitrogens with zero attached hydrogens (tertiary/aromatic N) is 2. The standard InChI is InChI=1S/C47H31N3S/c1-4-13-30(14-5-1)40-20-12-21-41(48-40)31-23-24-34-38-28-39-36-25-26-37-35-19-10-11-22-45(35)51-47(37)46(36)50(33-17-8-3-9-18-33)44(39)29-43(38)49(42(34)27-31)32-15-6-2-7-16-32/h1-29,40,48H. The van der Waals surface area contributed by atoms with Gasteiger partial charge >= 0.3 is 0 Å². The van der Waals surface area contributed by atoms with Gasteiger partial charge < -0.3 is 14.5 Å². The lowest BCUT2D eigenvalue weighted by Crippen LogP contribution is -2.20. The number of hydrogen-bond donors (Lipinski definition) is 1. The van der Waals surface area contributed by atoms with Crippen LogP contribution in [0.4, 0.5) is 0 Å². The van der Waals surface area contributed by atoms with E-state index in [2.05, 4.69) is 190 Å². The van der Waals surface area contributed by atoms with E-state index in [1.165, 1.54) is 80.6 Å². The van der Waals surface area contributed by atoms with Crippen LogP contribution in [0.25, 0.3) is 80.9 Å². The Morgan fingerprint density at radius 1 is 0.490 bits per heavy atom. The molecule has 3 nitrogen and oxygen atoms in total. The molecular formula is C47H31N3S. The van der Waals surface area contributed by atoms with Gasteiger partial charge in [0.2, 0.25) is 0 Å². The molecule has 0 fully saturated rings. The highest BCUT2D eigenvalue weighted by molar-refractivity contribution is 7.26. The van der Waals surface area contributed by atoms with Crippen LogP contribution in [-0.4, -0.2) is 9.13 Å². The van der Waals surface area contributed by atoms with Crippen molar-refractivity contribution in [2.75, 3.05) is 0 Å². The van der Waals surface area contributed by atoms with Crippen molar-refractivity contribution in [1.29, 1.82) is 0 Å². The number of hydrogen-bond acceptors (Lipinski definition) is 2. The number of benzene rings is 7. The molecule has 0 aliphatic carbocycles. The molecule has 1 unspecified atom stereocenters. The first-order valence-corrected chi connectivity index (χ1v) is 18.3. The molecule has 7 aromatic carbocycles. The maximum absolute atomic E-state index is 3.80. The van der Waals surface area contributed by atoms with E-state index in [1.807, 2.05) is 11.3 Å². The lowest BCUT2D eigenvalue weighted by Gasteiger charge is -2.22. The molecule has 1 N–H and O–H groups in total. The molecular weight excluding hydrogens is 639 g/mol. The minimum Gasteiger partial charge on any atom is -0.374 e. The molecule has 0 saturated heterocycles. The van der Waals surface area contributed by atoms with Crippen LogP contribution in [0.15, 0.2) is 176 Å². The fourth-order valence-corrected chi connectivity index (χ4v) is 9.46. The molecule has 1 aliphatic rings. The van der Waals surface area contributed by atoms with Crippen LogP contribution in [0.3, 0.4) is 0 Å². The van der Waals surface area contributed by atoms with Gasteiger partial charge in [0.25, 0.3) is 0 Å². The maximum Gasteiger partial charge on any atom is 0.0719 e. The molecule has 0 radical (unpaired) electrons. The van der Waals surface area contributed by atoms with Crippen LogP contribution >= 0.6 is 11.3 Å². The minimum absolute atomic E-state index is 0.126. The van der Waals surface area contributed by atoms with E-state index in [1.54, 1.807) is 0 Å². The topological polar surface area (TPSA) is 21.9 Å². The van der Waals surface area contributed by atoms with Crippen molar-refractivity contribution in [3.63, 3.8) is 0 Å². The summed E-state index contributed by atoms with van der Waals surface area (Å²) in [5.74, 6) is 0. The first-order valence-electron chi connectivity index (χ1n) is 17.5. The van der Waals surface area contributed by atoms with E-state index in [0.717, 1.165) is 11.4 Å². The second kappa shape index (κ2) is 11.1. The van der Waals surface area contributed by atoms with Gasteiger partial charge in [0.1, 0.15) is 0 Å². The average molecular weight is 670 g/mol. The van der Waals surface area contributed by atoms with Crippen LogP contribution in [0.5, 0.6) is 0 Å². The number of fused-ring (bicyclic) bond motifs is 10. The van der Waals surface area contributed by atoms with Crippen molar-refractivity contribution in [1.82, 2.24) is 14.5 Å². The van der Waals surface area contributed by atoms with Gasteiger partial charge in [-0.2, -0.15) is 0 Å². The van der Waals surface area contributed by atoms with Gasteiger partial charge in [-0.1, -0.05) is 121 Å². The number of allylic oxidation sites excluding steroid dienone is 2. The summed E-state index contributed by atoms with van der Waals surface area (Å²) in [6.45, 7) is 0. The van der Waals surface area contributed by atoms with E-state index in [9.17, 15) is 0 Å². The largest absolute Gasteiger partial charge is 0.374 e. The van der Waals surface area contributed by atoms with E-state index in [4.69, 9.17) is 0 Å². The van der Waals surface area contributed by atoms with Gasteiger partial charge in [-0.15, -0.1) is 11.3 Å². The zero-order valence-electron chi connectivity index (χ0n) is 27.6. The highest BCUT2D eigenvalue weighted by Crippen LogP contribution is 2.45. The molecule has 4 heteroatoms. The number of aromatic nitrogens is 2. The lowest BCUT2D eigenvalue weighted by molar-refractivity contribution is 0.764. The Labute approximate surface area is 298 Å². The fourth-order valence-electron chi connectivity index (χ4n) is 8.22. The van der Waals surface area contributed by atoms with Crippen molar-refractivity contribution < 1.29 is 0 Å². The molecule has 0 amide bonds. The molecule has 51 heavy (non-hydrogen) atoms. The summed E-state index contributed by atoms with van der Waals surface area (Å²) in [4.78, 5) is 0. The van der Waals surface area contributed by atoms with Crippen molar-refractivity contribution in [3.05, 3.63) is 187 Å². The monoisotopic (exact) mass is 669 g/mol. The van der Waals surface area contributed by atoms with Crippen LogP contribution in [0.1, 0.15) is 17.2 Å². The molecule has 4 heterocycles. The predicted molar refractivity (Wildman–Crippen MR) is 217 cm³/mol. The minimum atomic E-state index is 0.126. The van der Waals surface area contributed by atoms with Gasteiger partial charge in [-0.3, -0.25) is 0 Å². The van der Waals surface area contributed by atoms with Gasteiger partial charge in [-0.25, -0.2) is 0 Å². The Balaban J connectivity index is 1.20. The van der Waals surface area contributed by atoms with Crippen molar-refractivity contribution in [3.8, 4) is 11.4 Å². The van der Waals surface area contributed by atoms with E-state index >= 15 is 0 Å². The summed E-state index contributed by atoms with van der Waals surface area (Å²) in [6, 6.07) is 57.7. The summed E-state index contributed by atoms with van der Waals surface area (Å²) < 4.78 is 7.59. The zero-order valence-corrected chi connectivity index (χ0v) is 28.4. The number of para-hydroxylation sites is 2. The Bertz CT molecular complexity index is 3030. The Kier molecular flexibility index (Phi) is 6.18. The van der Waals surface area contributed by atoms with Gasteiger partial charge in [0.05, 0.1) is 32.8 Å². The third-order valence-corrected chi connectivity index (χ3v) is 11.7. The molecule has 1 aliphatic heterocycles. The van der Waals surface area contributed by atoms with E-state index in [-0.39, 0.29) is 6.04 Å². The maximum atomic E-state index is 3.80. The third kappa shape index (κ3) is 4.30. The summed E-state index contributed by atoms with van der Waals surface area (Å²) in [5, 5.41) is 11.5. The predicted octanol–water partition coefficient (Wildman–Crippen LogP) is 12.5. The number of dihydropyridines is 1. The van der Waals surface area contributed by atoms with Crippen molar-refractivity contribution in [2.24, 2.45) is 0 Å².